The van der Waals surface area contributed by atoms with Gasteiger partial charge in [0.1, 0.15) is 28.8 Å². The largest absolute Gasteiger partial charge is 0.573 e. The summed E-state index contributed by atoms with van der Waals surface area (Å²) in [6, 6.07) is 5.66. The van der Waals surface area contributed by atoms with Gasteiger partial charge in [0.05, 0.1) is 22.7 Å². The van der Waals surface area contributed by atoms with Gasteiger partial charge < -0.3 is 19.4 Å². The lowest BCUT2D eigenvalue weighted by molar-refractivity contribution is -0.274. The summed E-state index contributed by atoms with van der Waals surface area (Å²) in [7, 11) is -3.96. The molecule has 1 saturated heterocycles. The van der Waals surface area contributed by atoms with Gasteiger partial charge in [-0.05, 0) is 43.7 Å². The van der Waals surface area contributed by atoms with E-state index in [-0.39, 0.29) is 24.0 Å². The summed E-state index contributed by atoms with van der Waals surface area (Å²) in [5.41, 5.74) is 1.99. The minimum atomic E-state index is -4.86. The van der Waals surface area contributed by atoms with Crippen molar-refractivity contribution in [2.24, 2.45) is 0 Å². The van der Waals surface area contributed by atoms with Crippen molar-refractivity contribution in [3.05, 3.63) is 48.5 Å². The average Bonchev–Trinajstić information content (AvgIpc) is 3.49. The zero-order valence-electron chi connectivity index (χ0n) is 17.8. The second-order valence-electron chi connectivity index (χ2n) is 8.07. The lowest BCUT2D eigenvalue weighted by Crippen LogP contribution is -2.29. The summed E-state index contributed by atoms with van der Waals surface area (Å²) in [6.07, 6.45) is -1.95. The number of aromatic nitrogens is 4. The molecule has 2 atom stereocenters. The van der Waals surface area contributed by atoms with Gasteiger partial charge in [0.15, 0.2) is 0 Å². The minimum absolute atomic E-state index is 0.114. The molecule has 9 nitrogen and oxygen atoms in total. The summed E-state index contributed by atoms with van der Waals surface area (Å²) >= 11 is 0. The number of nitrogens with one attached hydrogen (secondary N) is 1. The van der Waals surface area contributed by atoms with Gasteiger partial charge in [-0.15, -0.1) is 13.2 Å². The quantitative estimate of drug-likeness (QED) is 0.438. The second kappa shape index (κ2) is 7.96. The van der Waals surface area contributed by atoms with E-state index in [4.69, 9.17) is 0 Å². The molecule has 1 fully saturated rings. The van der Waals surface area contributed by atoms with Crippen LogP contribution in [0.15, 0.2) is 47.6 Å². The van der Waals surface area contributed by atoms with Crippen LogP contribution >= 0.6 is 0 Å². The number of pyridine rings is 1. The number of aliphatic hydroxyl groups excluding tert-OH is 1. The number of imidazole rings is 1. The highest BCUT2D eigenvalue weighted by Crippen LogP contribution is 2.35. The van der Waals surface area contributed by atoms with Crippen LogP contribution in [0.25, 0.3) is 22.1 Å². The number of aliphatic hydroxyl groups is 1. The number of halogens is 3. The molecule has 0 radical (unpaired) electrons. The normalized spacial score (nSPS) is 18.7. The van der Waals surface area contributed by atoms with Crippen molar-refractivity contribution in [2.75, 3.05) is 13.1 Å². The van der Waals surface area contributed by atoms with Crippen molar-refractivity contribution in [2.45, 2.75) is 36.7 Å². The molecular weight excluding hydrogens is 475 g/mol. The highest BCUT2D eigenvalue weighted by atomic mass is 32.2. The standard InChI is InChI=1S/C21H20F3N5O4S/c1-12(30)20-27-17-10-26-19-16(6-8-25-19)18(17)29(20)13-7-9-28(11-13)34(31,32)15-4-2-14(3-5-15)33-21(22,23)24/h2-6,8,10,12-13,30H,7,9,11H2,1H3,(H,25,26). The van der Waals surface area contributed by atoms with Crippen molar-refractivity contribution >= 4 is 32.1 Å². The molecule has 1 aromatic carbocycles. The first-order valence-corrected chi connectivity index (χ1v) is 11.9. The molecule has 0 bridgehead atoms. The third kappa shape index (κ3) is 3.89. The van der Waals surface area contributed by atoms with Crippen molar-refractivity contribution in [3.63, 3.8) is 0 Å². The smallest absolute Gasteiger partial charge is 0.406 e. The maximum absolute atomic E-state index is 13.2. The lowest BCUT2D eigenvalue weighted by atomic mass is 10.2. The summed E-state index contributed by atoms with van der Waals surface area (Å²) in [5, 5.41) is 11.2. The van der Waals surface area contributed by atoms with Crippen LogP contribution < -0.4 is 4.74 Å². The van der Waals surface area contributed by atoms with Gasteiger partial charge in [-0.3, -0.25) is 0 Å². The Morgan fingerprint density at radius 1 is 1.24 bits per heavy atom. The predicted octanol–water partition coefficient (Wildman–Crippen LogP) is 3.50. The first-order chi connectivity index (χ1) is 16.0. The Labute approximate surface area is 191 Å². The molecule has 5 rings (SSSR count). The number of hydrogen-bond donors (Lipinski definition) is 2. The van der Waals surface area contributed by atoms with Gasteiger partial charge in [0.25, 0.3) is 0 Å². The van der Waals surface area contributed by atoms with Crippen LogP contribution in [0.5, 0.6) is 5.75 Å². The van der Waals surface area contributed by atoms with Gasteiger partial charge in [-0.1, -0.05) is 0 Å². The van der Waals surface area contributed by atoms with E-state index in [9.17, 15) is 26.7 Å². The minimum Gasteiger partial charge on any atom is -0.406 e. The van der Waals surface area contributed by atoms with Crippen LogP contribution in [-0.4, -0.2) is 56.8 Å². The third-order valence-electron chi connectivity index (χ3n) is 5.82. The van der Waals surface area contributed by atoms with E-state index in [0.717, 1.165) is 35.2 Å². The number of rotatable bonds is 5. The number of hydrogen-bond acceptors (Lipinski definition) is 6. The molecular formula is C21H20F3N5O4S. The van der Waals surface area contributed by atoms with Crippen LogP contribution in [0, 0.1) is 0 Å². The topological polar surface area (TPSA) is 113 Å². The molecule has 0 saturated carbocycles. The summed E-state index contributed by atoms with van der Waals surface area (Å²) in [4.78, 5) is 11.8. The Morgan fingerprint density at radius 3 is 2.65 bits per heavy atom. The molecule has 34 heavy (non-hydrogen) atoms. The van der Waals surface area contributed by atoms with Crippen molar-refractivity contribution < 1.29 is 31.4 Å². The van der Waals surface area contributed by atoms with Gasteiger partial charge in [0, 0.05) is 24.7 Å². The van der Waals surface area contributed by atoms with Crippen molar-refractivity contribution in [3.8, 4) is 5.75 Å². The van der Waals surface area contributed by atoms with E-state index in [0.29, 0.717) is 23.4 Å². The van der Waals surface area contributed by atoms with E-state index in [2.05, 4.69) is 19.7 Å². The highest BCUT2D eigenvalue weighted by Gasteiger charge is 2.36. The van der Waals surface area contributed by atoms with Crippen LogP contribution in [0.1, 0.15) is 31.3 Å². The Balaban J connectivity index is 1.47. The summed E-state index contributed by atoms with van der Waals surface area (Å²) in [6.45, 7) is 1.91. The van der Waals surface area contributed by atoms with Gasteiger partial charge in [-0.25, -0.2) is 18.4 Å². The fraction of sp³-hybridized carbons (Fsp3) is 0.333. The highest BCUT2D eigenvalue weighted by molar-refractivity contribution is 7.89. The number of H-pyrrole nitrogens is 1. The molecule has 0 spiro atoms. The Kier molecular flexibility index (Phi) is 5.30. The zero-order chi connectivity index (χ0) is 24.3. The van der Waals surface area contributed by atoms with Gasteiger partial charge in [0.2, 0.25) is 10.0 Å². The first kappa shape index (κ1) is 22.6. The Hall–Kier alpha value is -3.16. The number of nitrogens with zero attached hydrogens (tertiary/aromatic N) is 4. The van der Waals surface area contributed by atoms with Crippen LogP contribution in [-0.2, 0) is 10.0 Å². The SMILES string of the molecule is CC(O)c1nc2cnc3[nH]ccc3c2n1C1CCN(S(=O)(=O)c2ccc(OC(F)(F)F)cc2)C1. The summed E-state index contributed by atoms with van der Waals surface area (Å²) in [5.74, 6) is -0.0928. The van der Waals surface area contributed by atoms with E-state index in [1.165, 1.54) is 4.31 Å². The molecule has 1 aliphatic heterocycles. The number of sulfonamides is 1. The van der Waals surface area contributed by atoms with Crippen molar-refractivity contribution in [1.29, 1.82) is 0 Å². The van der Waals surface area contributed by atoms with Crippen molar-refractivity contribution in [1.82, 2.24) is 23.8 Å². The number of ether oxygens (including phenoxy) is 1. The number of fused-ring (bicyclic) bond motifs is 3. The molecule has 4 aromatic rings. The lowest BCUT2D eigenvalue weighted by Gasteiger charge is -2.20. The van der Waals surface area contributed by atoms with Crippen LogP contribution in [0.2, 0.25) is 0 Å². The third-order valence-corrected chi connectivity index (χ3v) is 7.70. The molecule has 3 aromatic heterocycles. The predicted molar refractivity (Wildman–Crippen MR) is 116 cm³/mol. The maximum atomic E-state index is 13.2. The molecule has 4 heterocycles. The molecule has 0 aliphatic carbocycles. The maximum Gasteiger partial charge on any atom is 0.573 e. The first-order valence-electron chi connectivity index (χ1n) is 10.4. The molecule has 2 N–H and O–H groups in total. The Morgan fingerprint density at radius 2 is 1.97 bits per heavy atom. The van der Waals surface area contributed by atoms with E-state index in [1.54, 1.807) is 19.3 Å². The number of benzene rings is 1. The fourth-order valence-electron chi connectivity index (χ4n) is 4.38. The van der Waals surface area contributed by atoms with Crippen LogP contribution in [0.3, 0.4) is 0 Å². The van der Waals surface area contributed by atoms with Gasteiger partial charge in [-0.2, -0.15) is 4.31 Å². The van der Waals surface area contributed by atoms with E-state index in [1.807, 2.05) is 10.6 Å². The molecule has 1 aliphatic rings. The summed E-state index contributed by atoms with van der Waals surface area (Å²) < 4.78 is 70.5. The van der Waals surface area contributed by atoms with Crippen LogP contribution in [0.4, 0.5) is 13.2 Å². The van der Waals surface area contributed by atoms with E-state index >= 15 is 0 Å². The van der Waals surface area contributed by atoms with Gasteiger partial charge >= 0.3 is 6.36 Å². The van der Waals surface area contributed by atoms with E-state index < -0.39 is 28.2 Å². The average molecular weight is 495 g/mol. The molecule has 180 valence electrons. The molecule has 13 heteroatoms. The second-order valence-corrected chi connectivity index (χ2v) is 10.0. The monoisotopic (exact) mass is 495 g/mol. The molecule has 2 unspecified atom stereocenters. The number of aromatic amines is 1. The molecule has 0 amide bonds. The number of alkyl halides is 3. The Bertz CT molecular complexity index is 1460. The fourth-order valence-corrected chi connectivity index (χ4v) is 5.87. The zero-order valence-corrected chi connectivity index (χ0v) is 18.6.